The molecular formula is C15H24N6. The Morgan fingerprint density at radius 2 is 1.90 bits per heavy atom. The largest absolute Gasteiger partial charge is 0.370 e. The van der Waals surface area contributed by atoms with Crippen LogP contribution in [0, 0.1) is 6.92 Å². The number of hydrogen-bond donors (Lipinski definition) is 2. The van der Waals surface area contributed by atoms with Gasteiger partial charge in [-0.3, -0.25) is 4.68 Å². The molecule has 6 heteroatoms. The van der Waals surface area contributed by atoms with Gasteiger partial charge in [0, 0.05) is 24.8 Å². The van der Waals surface area contributed by atoms with Crippen molar-refractivity contribution in [2.45, 2.75) is 40.2 Å². The highest BCUT2D eigenvalue weighted by Crippen LogP contribution is 2.27. The lowest BCUT2D eigenvalue weighted by Crippen LogP contribution is -2.15. The number of nitrogens with one attached hydrogen (secondary N) is 2. The maximum atomic E-state index is 4.39. The van der Waals surface area contributed by atoms with Gasteiger partial charge in [-0.15, -0.1) is 0 Å². The number of rotatable bonds is 7. The second kappa shape index (κ2) is 7.06. The van der Waals surface area contributed by atoms with Gasteiger partial charge in [-0.05, 0) is 25.3 Å². The van der Waals surface area contributed by atoms with E-state index in [2.05, 4.69) is 46.5 Å². The Hall–Kier alpha value is -2.11. The van der Waals surface area contributed by atoms with E-state index in [4.69, 9.17) is 0 Å². The van der Waals surface area contributed by atoms with Crippen LogP contribution < -0.4 is 10.6 Å². The summed E-state index contributed by atoms with van der Waals surface area (Å²) in [5, 5.41) is 11.0. The van der Waals surface area contributed by atoms with Crippen molar-refractivity contribution in [1.82, 2.24) is 19.7 Å². The SMILES string of the molecule is CCNc1ncnc(NCCn2cc(C)cn2)c1C(C)C. The zero-order valence-corrected chi connectivity index (χ0v) is 13.2. The highest BCUT2D eigenvalue weighted by molar-refractivity contribution is 5.58. The maximum absolute atomic E-state index is 4.39. The third-order valence-electron chi connectivity index (χ3n) is 3.20. The van der Waals surface area contributed by atoms with Crippen molar-refractivity contribution < 1.29 is 0 Å². The first-order chi connectivity index (χ1) is 10.1. The number of aryl methyl sites for hydroxylation is 1. The number of hydrogen-bond acceptors (Lipinski definition) is 5. The van der Waals surface area contributed by atoms with Crippen molar-refractivity contribution >= 4 is 11.6 Å². The van der Waals surface area contributed by atoms with Gasteiger partial charge in [-0.25, -0.2) is 9.97 Å². The van der Waals surface area contributed by atoms with Crippen molar-refractivity contribution in [2.24, 2.45) is 0 Å². The molecule has 0 spiro atoms. The van der Waals surface area contributed by atoms with E-state index in [-0.39, 0.29) is 0 Å². The summed E-state index contributed by atoms with van der Waals surface area (Å²) in [6, 6.07) is 0. The predicted molar refractivity (Wildman–Crippen MR) is 85.7 cm³/mol. The Kier molecular flexibility index (Phi) is 5.14. The zero-order valence-electron chi connectivity index (χ0n) is 13.2. The first-order valence-electron chi connectivity index (χ1n) is 7.43. The minimum Gasteiger partial charge on any atom is -0.370 e. The number of nitrogens with zero attached hydrogens (tertiary/aromatic N) is 4. The van der Waals surface area contributed by atoms with Crippen molar-refractivity contribution in [3.05, 3.63) is 29.8 Å². The van der Waals surface area contributed by atoms with Gasteiger partial charge in [-0.1, -0.05) is 13.8 Å². The summed E-state index contributed by atoms with van der Waals surface area (Å²) in [5.41, 5.74) is 2.31. The van der Waals surface area contributed by atoms with Crippen LogP contribution >= 0.6 is 0 Å². The average molecular weight is 288 g/mol. The van der Waals surface area contributed by atoms with E-state index in [1.54, 1.807) is 6.33 Å². The van der Waals surface area contributed by atoms with Crippen LogP contribution in [0.4, 0.5) is 11.6 Å². The van der Waals surface area contributed by atoms with Crippen molar-refractivity contribution in [3.63, 3.8) is 0 Å². The molecule has 0 atom stereocenters. The third-order valence-corrected chi connectivity index (χ3v) is 3.20. The summed E-state index contributed by atoms with van der Waals surface area (Å²) in [6.45, 7) is 10.9. The van der Waals surface area contributed by atoms with Crippen LogP contribution in [0.15, 0.2) is 18.7 Å². The molecule has 2 aromatic rings. The van der Waals surface area contributed by atoms with Crippen molar-refractivity contribution in [2.75, 3.05) is 23.7 Å². The summed E-state index contributed by atoms with van der Waals surface area (Å²) in [4.78, 5) is 8.73. The van der Waals surface area contributed by atoms with Crippen molar-refractivity contribution in [3.8, 4) is 0 Å². The van der Waals surface area contributed by atoms with E-state index in [0.29, 0.717) is 5.92 Å². The van der Waals surface area contributed by atoms with Crippen LogP contribution in [0.3, 0.4) is 0 Å². The molecule has 0 saturated carbocycles. The molecule has 6 nitrogen and oxygen atoms in total. The van der Waals surface area contributed by atoms with Crippen LogP contribution in [0.25, 0.3) is 0 Å². The summed E-state index contributed by atoms with van der Waals surface area (Å²) in [5.74, 6) is 2.18. The van der Waals surface area contributed by atoms with Crippen LogP contribution in [-0.2, 0) is 6.54 Å². The lowest BCUT2D eigenvalue weighted by Gasteiger charge is -2.17. The molecule has 2 N–H and O–H groups in total. The fraction of sp³-hybridized carbons (Fsp3) is 0.533. The van der Waals surface area contributed by atoms with Gasteiger partial charge < -0.3 is 10.6 Å². The van der Waals surface area contributed by atoms with Gasteiger partial charge in [0.2, 0.25) is 0 Å². The van der Waals surface area contributed by atoms with Crippen LogP contribution in [0.1, 0.15) is 37.8 Å². The summed E-state index contributed by atoms with van der Waals surface area (Å²) < 4.78 is 1.93. The first kappa shape index (κ1) is 15.3. The monoisotopic (exact) mass is 288 g/mol. The highest BCUT2D eigenvalue weighted by Gasteiger charge is 2.14. The van der Waals surface area contributed by atoms with E-state index in [1.165, 1.54) is 5.56 Å². The third kappa shape index (κ3) is 3.93. The molecule has 0 amide bonds. The predicted octanol–water partition coefficient (Wildman–Crippen LogP) is 2.65. The van der Waals surface area contributed by atoms with Gasteiger partial charge in [0.25, 0.3) is 0 Å². The van der Waals surface area contributed by atoms with Gasteiger partial charge in [-0.2, -0.15) is 5.10 Å². The molecular weight excluding hydrogens is 264 g/mol. The fourth-order valence-electron chi connectivity index (χ4n) is 2.27. The number of aromatic nitrogens is 4. The lowest BCUT2D eigenvalue weighted by atomic mass is 10.0. The van der Waals surface area contributed by atoms with Crippen molar-refractivity contribution in [1.29, 1.82) is 0 Å². The maximum Gasteiger partial charge on any atom is 0.135 e. The minimum absolute atomic E-state index is 0.356. The molecule has 0 bridgehead atoms. The van der Waals surface area contributed by atoms with Gasteiger partial charge in [0.05, 0.1) is 12.7 Å². The molecule has 114 valence electrons. The Morgan fingerprint density at radius 1 is 1.19 bits per heavy atom. The van der Waals surface area contributed by atoms with Gasteiger partial charge in [0.1, 0.15) is 18.0 Å². The topological polar surface area (TPSA) is 67.7 Å². The lowest BCUT2D eigenvalue weighted by molar-refractivity contribution is 0.636. The Balaban J connectivity index is 2.06. The minimum atomic E-state index is 0.356. The second-order valence-electron chi connectivity index (χ2n) is 5.38. The fourth-order valence-corrected chi connectivity index (χ4v) is 2.27. The van der Waals surface area contributed by atoms with Gasteiger partial charge >= 0.3 is 0 Å². The highest BCUT2D eigenvalue weighted by atomic mass is 15.3. The second-order valence-corrected chi connectivity index (χ2v) is 5.38. The van der Waals surface area contributed by atoms with Crippen LogP contribution in [-0.4, -0.2) is 32.8 Å². The molecule has 0 unspecified atom stereocenters. The molecule has 2 rings (SSSR count). The first-order valence-corrected chi connectivity index (χ1v) is 7.43. The van der Waals surface area contributed by atoms with E-state index in [1.807, 2.05) is 24.0 Å². The Morgan fingerprint density at radius 3 is 2.48 bits per heavy atom. The molecule has 0 aliphatic carbocycles. The summed E-state index contributed by atoms with van der Waals surface area (Å²) in [7, 11) is 0. The molecule has 2 aromatic heterocycles. The van der Waals surface area contributed by atoms with Gasteiger partial charge in [0.15, 0.2) is 0 Å². The molecule has 0 aromatic carbocycles. The number of anilines is 2. The standard InChI is InChI=1S/C15H24N6/c1-5-16-14-13(11(2)3)15(19-10-18-14)17-6-7-21-9-12(4)8-20-21/h8-11H,5-7H2,1-4H3,(H2,16,17,18,19). The molecule has 21 heavy (non-hydrogen) atoms. The molecule has 0 aliphatic rings. The molecule has 0 radical (unpaired) electrons. The van der Waals surface area contributed by atoms with E-state index >= 15 is 0 Å². The molecule has 0 saturated heterocycles. The Bertz CT molecular complexity index is 575. The Labute approximate surface area is 126 Å². The molecule has 0 aliphatic heterocycles. The smallest absolute Gasteiger partial charge is 0.135 e. The average Bonchev–Trinajstić information content (AvgIpc) is 2.85. The van der Waals surface area contributed by atoms with Crippen LogP contribution in [0.2, 0.25) is 0 Å². The summed E-state index contributed by atoms with van der Waals surface area (Å²) >= 11 is 0. The summed E-state index contributed by atoms with van der Waals surface area (Å²) in [6.07, 6.45) is 5.51. The van der Waals surface area contributed by atoms with E-state index in [0.717, 1.165) is 36.8 Å². The normalized spacial score (nSPS) is 10.9. The van der Waals surface area contributed by atoms with Crippen LogP contribution in [0.5, 0.6) is 0 Å². The van der Waals surface area contributed by atoms with E-state index < -0.39 is 0 Å². The quantitative estimate of drug-likeness (QED) is 0.820. The molecule has 0 fully saturated rings. The van der Waals surface area contributed by atoms with E-state index in [9.17, 15) is 0 Å². The molecule has 2 heterocycles. The zero-order chi connectivity index (χ0) is 15.2.